The molecule has 0 radical (unpaired) electrons. The van der Waals surface area contributed by atoms with Gasteiger partial charge < -0.3 is 13.8 Å². The molecule has 0 aliphatic heterocycles. The summed E-state index contributed by atoms with van der Waals surface area (Å²) in [4.78, 5) is 17.1. The molecule has 9 nitrogen and oxygen atoms in total. The molecular weight excluding hydrogens is 528 g/mol. The van der Waals surface area contributed by atoms with Crippen LogP contribution in [-0.4, -0.2) is 40.2 Å². The van der Waals surface area contributed by atoms with E-state index in [2.05, 4.69) is 10.1 Å². The van der Waals surface area contributed by atoms with Crippen molar-refractivity contribution in [1.82, 2.24) is 18.7 Å². The average Bonchev–Trinajstić information content (AvgIpc) is 3.60. The summed E-state index contributed by atoms with van der Waals surface area (Å²) in [6.45, 7) is 5.57. The highest BCUT2D eigenvalue weighted by molar-refractivity contribution is 7.90. The zero-order chi connectivity index (χ0) is 28.3. The first-order chi connectivity index (χ1) is 19.1. The molecule has 202 valence electrons. The summed E-state index contributed by atoms with van der Waals surface area (Å²) in [5.41, 5.74) is 5.68. The largest absolute Gasteiger partial charge is 0.465 e. The number of methoxy groups -OCH3 is 1. The number of carbonyl (C=O) groups is 1. The van der Waals surface area contributed by atoms with Gasteiger partial charge in [-0.25, -0.2) is 22.2 Å². The van der Waals surface area contributed by atoms with E-state index in [1.807, 2.05) is 56.8 Å². The number of carbonyl (C=O) groups excluding carboxylic acids is 1. The molecule has 10 heteroatoms. The van der Waals surface area contributed by atoms with Crippen LogP contribution in [0.15, 0.2) is 76.4 Å². The number of nitrogens with zero attached hydrogens (tertiary/aromatic N) is 4. The quantitative estimate of drug-likeness (QED) is 0.248. The van der Waals surface area contributed by atoms with Gasteiger partial charge in [-0.2, -0.15) is 0 Å². The predicted molar refractivity (Wildman–Crippen MR) is 152 cm³/mol. The lowest BCUT2D eigenvalue weighted by Crippen LogP contribution is -2.14. The number of esters is 1. The van der Waals surface area contributed by atoms with E-state index in [0.29, 0.717) is 39.0 Å². The van der Waals surface area contributed by atoms with Crippen LogP contribution < -0.4 is 0 Å². The molecule has 2 aromatic carbocycles. The lowest BCUT2D eigenvalue weighted by atomic mass is 10.0. The fourth-order valence-electron chi connectivity index (χ4n) is 5.25. The van der Waals surface area contributed by atoms with Crippen molar-refractivity contribution >= 4 is 37.9 Å². The highest BCUT2D eigenvalue weighted by Crippen LogP contribution is 2.40. The molecule has 0 saturated heterocycles. The molecule has 40 heavy (non-hydrogen) atoms. The molecule has 4 aromatic heterocycles. The van der Waals surface area contributed by atoms with Crippen LogP contribution in [0.4, 0.5) is 0 Å². The molecule has 0 aliphatic rings. The van der Waals surface area contributed by atoms with Crippen LogP contribution in [-0.2, 0) is 21.8 Å². The summed E-state index contributed by atoms with van der Waals surface area (Å²) < 4.78 is 42.2. The van der Waals surface area contributed by atoms with Crippen molar-refractivity contribution in [2.45, 2.75) is 25.7 Å². The molecule has 0 N–H and O–H groups in total. The van der Waals surface area contributed by atoms with Gasteiger partial charge in [-0.3, -0.25) is 0 Å². The molecule has 0 bridgehead atoms. The second kappa shape index (κ2) is 9.20. The first kappa shape index (κ1) is 25.6. The summed E-state index contributed by atoms with van der Waals surface area (Å²) in [6, 6.07) is 15.6. The average molecular weight is 555 g/mol. The summed E-state index contributed by atoms with van der Waals surface area (Å²) in [6.07, 6.45) is 3.45. The molecule has 6 rings (SSSR count). The minimum atomic E-state index is -4.10. The molecule has 0 fully saturated rings. The van der Waals surface area contributed by atoms with Crippen LogP contribution in [0.3, 0.4) is 0 Å². The number of aryl methyl sites for hydroxylation is 4. The first-order valence-corrected chi connectivity index (χ1v) is 14.0. The standard InChI is InChI=1S/C30H26N4O5S/c1-17-6-9-21(10-7-17)40(36,37)34-27(25-16-33(4)26-11-8-20(14-23(25)26)30(35)38-5)15-24-22(12-13-31-29(24)34)28-18(2)32-39-19(28)3/h6-16H,1-5H3. The van der Waals surface area contributed by atoms with Crippen LogP contribution in [0.5, 0.6) is 0 Å². The van der Waals surface area contributed by atoms with Gasteiger partial charge in [-0.15, -0.1) is 0 Å². The van der Waals surface area contributed by atoms with Gasteiger partial charge in [0.25, 0.3) is 10.0 Å². The molecule has 0 saturated carbocycles. The summed E-state index contributed by atoms with van der Waals surface area (Å²) in [7, 11) is -0.900. The number of benzene rings is 2. The third kappa shape index (κ3) is 3.83. The summed E-state index contributed by atoms with van der Waals surface area (Å²) in [5.74, 6) is 0.139. The van der Waals surface area contributed by atoms with Crippen LogP contribution in [0, 0.1) is 20.8 Å². The van der Waals surface area contributed by atoms with Gasteiger partial charge in [0.2, 0.25) is 0 Å². The normalized spacial score (nSPS) is 11.9. The Morgan fingerprint density at radius 2 is 1.70 bits per heavy atom. The SMILES string of the molecule is COC(=O)c1ccc2c(c1)c(-c1cc3c(-c4c(C)noc4C)ccnc3n1S(=O)(=O)c1ccc(C)cc1)cn2C. The van der Waals surface area contributed by atoms with Gasteiger partial charge in [-0.1, -0.05) is 22.9 Å². The van der Waals surface area contributed by atoms with Gasteiger partial charge >= 0.3 is 5.97 Å². The highest BCUT2D eigenvalue weighted by atomic mass is 32.2. The number of pyridine rings is 1. The van der Waals surface area contributed by atoms with E-state index in [-0.39, 0.29) is 10.5 Å². The number of aromatic nitrogens is 4. The number of rotatable bonds is 5. The topological polar surface area (TPSA) is 109 Å². The van der Waals surface area contributed by atoms with E-state index >= 15 is 0 Å². The van der Waals surface area contributed by atoms with Gasteiger partial charge in [0.05, 0.1) is 29.0 Å². The van der Waals surface area contributed by atoms with Crippen molar-refractivity contribution in [2.24, 2.45) is 7.05 Å². The van der Waals surface area contributed by atoms with Crippen molar-refractivity contribution in [3.05, 3.63) is 89.6 Å². The molecule has 0 spiro atoms. The minimum Gasteiger partial charge on any atom is -0.465 e. The molecule has 4 heterocycles. The van der Waals surface area contributed by atoms with Gasteiger partial charge in [-0.05, 0) is 68.8 Å². The number of ether oxygens (including phenoxy) is 1. The van der Waals surface area contributed by atoms with Crippen LogP contribution in [0.25, 0.3) is 44.3 Å². The molecular formula is C30H26N4O5S. The van der Waals surface area contributed by atoms with E-state index in [1.165, 1.54) is 11.1 Å². The Kier molecular flexibility index (Phi) is 5.88. The zero-order valence-corrected chi connectivity index (χ0v) is 23.4. The second-order valence-corrected chi connectivity index (χ2v) is 11.6. The third-order valence-corrected chi connectivity index (χ3v) is 8.93. The number of hydrogen-bond acceptors (Lipinski definition) is 7. The van der Waals surface area contributed by atoms with E-state index in [9.17, 15) is 13.2 Å². The van der Waals surface area contributed by atoms with Crippen molar-refractivity contribution in [3.8, 4) is 22.4 Å². The van der Waals surface area contributed by atoms with Crippen molar-refractivity contribution < 1.29 is 22.5 Å². The van der Waals surface area contributed by atoms with Crippen LogP contribution in [0.2, 0.25) is 0 Å². The maximum atomic E-state index is 14.3. The maximum absolute atomic E-state index is 14.3. The number of hydrogen-bond donors (Lipinski definition) is 0. The lowest BCUT2D eigenvalue weighted by Gasteiger charge is -2.12. The highest BCUT2D eigenvalue weighted by Gasteiger charge is 2.28. The van der Waals surface area contributed by atoms with Gasteiger partial charge in [0, 0.05) is 46.9 Å². The van der Waals surface area contributed by atoms with Crippen molar-refractivity contribution in [2.75, 3.05) is 7.11 Å². The van der Waals surface area contributed by atoms with E-state index in [0.717, 1.165) is 22.2 Å². The molecule has 0 amide bonds. The van der Waals surface area contributed by atoms with Crippen LogP contribution >= 0.6 is 0 Å². The Morgan fingerprint density at radius 1 is 0.950 bits per heavy atom. The first-order valence-electron chi connectivity index (χ1n) is 12.6. The Labute approximate surface area is 230 Å². The maximum Gasteiger partial charge on any atom is 0.337 e. The predicted octanol–water partition coefficient (Wildman–Crippen LogP) is 5.80. The summed E-state index contributed by atoms with van der Waals surface area (Å²) >= 11 is 0. The van der Waals surface area contributed by atoms with Crippen molar-refractivity contribution in [1.29, 1.82) is 0 Å². The smallest absolute Gasteiger partial charge is 0.337 e. The Balaban J connectivity index is 1.74. The third-order valence-electron chi connectivity index (χ3n) is 7.21. The molecule has 0 aliphatic carbocycles. The second-order valence-electron chi connectivity index (χ2n) is 9.78. The van der Waals surface area contributed by atoms with E-state index in [1.54, 1.807) is 42.6 Å². The fourth-order valence-corrected chi connectivity index (χ4v) is 6.72. The molecule has 0 atom stereocenters. The molecule has 0 unspecified atom stereocenters. The lowest BCUT2D eigenvalue weighted by molar-refractivity contribution is 0.0601. The number of fused-ring (bicyclic) bond motifs is 2. The van der Waals surface area contributed by atoms with Crippen molar-refractivity contribution in [3.63, 3.8) is 0 Å². The Morgan fingerprint density at radius 3 is 2.38 bits per heavy atom. The van der Waals surface area contributed by atoms with Crippen LogP contribution in [0.1, 0.15) is 27.4 Å². The Bertz CT molecular complexity index is 2050. The van der Waals surface area contributed by atoms with E-state index in [4.69, 9.17) is 9.26 Å². The molecule has 6 aromatic rings. The zero-order valence-electron chi connectivity index (χ0n) is 22.6. The Hall–Kier alpha value is -4.70. The minimum absolute atomic E-state index is 0.136. The summed E-state index contributed by atoms with van der Waals surface area (Å²) in [5, 5.41) is 5.43. The van der Waals surface area contributed by atoms with Gasteiger partial charge in [0.1, 0.15) is 5.76 Å². The van der Waals surface area contributed by atoms with E-state index < -0.39 is 16.0 Å². The van der Waals surface area contributed by atoms with Gasteiger partial charge in [0.15, 0.2) is 5.65 Å². The monoisotopic (exact) mass is 554 g/mol. The fraction of sp³-hybridized carbons (Fsp3) is 0.167.